The summed E-state index contributed by atoms with van der Waals surface area (Å²) in [5, 5.41) is 9.60. The van der Waals surface area contributed by atoms with Crippen LogP contribution in [0.1, 0.15) is 12.0 Å². The molecule has 0 aliphatic carbocycles. The lowest BCUT2D eigenvalue weighted by Gasteiger charge is -2.24. The van der Waals surface area contributed by atoms with Crippen molar-refractivity contribution in [3.8, 4) is 6.07 Å². The number of fused-ring (bicyclic) bond motifs is 1. The molecule has 6 nitrogen and oxygen atoms in total. The van der Waals surface area contributed by atoms with Crippen LogP contribution in [0.5, 0.6) is 0 Å². The highest BCUT2D eigenvalue weighted by Gasteiger charge is 2.48. The molecule has 0 N–H and O–H groups in total. The number of nitriles is 1. The molecule has 2 saturated heterocycles. The van der Waals surface area contributed by atoms with E-state index in [2.05, 4.69) is 4.99 Å². The Morgan fingerprint density at radius 1 is 1.38 bits per heavy atom. The number of nitrogens with zero attached hydrogens (tertiary/aromatic N) is 3. The van der Waals surface area contributed by atoms with Gasteiger partial charge in [-0.3, -0.25) is 4.79 Å². The van der Waals surface area contributed by atoms with E-state index < -0.39 is 15.7 Å². The Morgan fingerprint density at radius 3 is 2.75 bits per heavy atom. The van der Waals surface area contributed by atoms with Gasteiger partial charge < -0.3 is 4.90 Å². The number of halogens is 1. The minimum atomic E-state index is -3.08. The van der Waals surface area contributed by atoms with E-state index in [-0.39, 0.29) is 29.2 Å². The zero-order valence-electron chi connectivity index (χ0n) is 12.6. The van der Waals surface area contributed by atoms with Crippen LogP contribution in [-0.2, 0) is 21.2 Å². The van der Waals surface area contributed by atoms with Crippen LogP contribution in [0, 0.1) is 11.3 Å². The molecule has 0 aromatic heterocycles. The zero-order chi connectivity index (χ0) is 17.3. The maximum atomic E-state index is 11.9. The van der Waals surface area contributed by atoms with Gasteiger partial charge in [0.05, 0.1) is 23.6 Å². The Hall–Kier alpha value is -1.56. The second-order valence-electron chi connectivity index (χ2n) is 5.68. The maximum absolute atomic E-state index is 11.9. The molecule has 1 aromatic carbocycles. The lowest BCUT2D eigenvalue weighted by atomic mass is 10.1. The van der Waals surface area contributed by atoms with E-state index in [4.69, 9.17) is 16.9 Å². The molecule has 2 aliphatic rings. The van der Waals surface area contributed by atoms with Crippen LogP contribution >= 0.6 is 23.4 Å². The van der Waals surface area contributed by atoms with Gasteiger partial charge in [0.1, 0.15) is 6.42 Å². The summed E-state index contributed by atoms with van der Waals surface area (Å²) in [6, 6.07) is 8.82. The predicted octanol–water partition coefficient (Wildman–Crippen LogP) is 1.85. The van der Waals surface area contributed by atoms with Gasteiger partial charge in [0.2, 0.25) is 0 Å². The third kappa shape index (κ3) is 3.74. The highest BCUT2D eigenvalue weighted by molar-refractivity contribution is 8.15. The van der Waals surface area contributed by atoms with Crippen LogP contribution in [0.2, 0.25) is 5.02 Å². The highest BCUT2D eigenvalue weighted by atomic mass is 35.5. The Balaban J connectivity index is 1.88. The Kier molecular flexibility index (Phi) is 4.85. The Morgan fingerprint density at radius 2 is 2.08 bits per heavy atom. The summed E-state index contributed by atoms with van der Waals surface area (Å²) in [6.45, 7) is 0.444. The minimum absolute atomic E-state index is 0.0592. The van der Waals surface area contributed by atoms with E-state index in [1.807, 2.05) is 17.0 Å². The molecule has 9 heteroatoms. The average molecular weight is 384 g/mol. The first-order chi connectivity index (χ1) is 11.4. The molecule has 2 fully saturated rings. The largest absolute Gasteiger partial charge is 0.342 e. The summed E-state index contributed by atoms with van der Waals surface area (Å²) >= 11 is 7.20. The highest BCUT2D eigenvalue weighted by Crippen LogP contribution is 2.39. The summed E-state index contributed by atoms with van der Waals surface area (Å²) in [7, 11) is -3.08. The third-order valence-corrected chi connectivity index (χ3v) is 7.39. The monoisotopic (exact) mass is 383 g/mol. The molecule has 0 radical (unpaired) electrons. The van der Waals surface area contributed by atoms with E-state index in [0.29, 0.717) is 16.7 Å². The molecule has 0 bridgehead atoms. The second-order valence-corrected chi connectivity index (χ2v) is 9.47. The molecular weight excluding hydrogens is 370 g/mol. The maximum Gasteiger partial charge on any atom is 0.262 e. The van der Waals surface area contributed by atoms with Crippen LogP contribution in [-0.4, -0.2) is 47.2 Å². The molecule has 2 atom stereocenters. The first-order valence-corrected chi connectivity index (χ1v) is 10.3. The smallest absolute Gasteiger partial charge is 0.262 e. The van der Waals surface area contributed by atoms with Crippen molar-refractivity contribution in [2.24, 2.45) is 4.99 Å². The van der Waals surface area contributed by atoms with E-state index in [0.717, 1.165) is 5.56 Å². The normalized spacial score (nSPS) is 26.3. The van der Waals surface area contributed by atoms with Crippen LogP contribution in [0.25, 0.3) is 0 Å². The minimum Gasteiger partial charge on any atom is -0.342 e. The van der Waals surface area contributed by atoms with Gasteiger partial charge in [-0.25, -0.2) is 8.42 Å². The standard InChI is InChI=1S/C15H14ClN3O3S2/c16-11-3-1-10(2-4-11)7-19-12-8-24(21,22)9-13(12)23-15(19)18-14(20)5-6-17/h1-4,12-13H,5,7-9H2/t12-,13-/m0/s1. The van der Waals surface area contributed by atoms with Crippen molar-refractivity contribution in [1.29, 1.82) is 5.26 Å². The van der Waals surface area contributed by atoms with Gasteiger partial charge in [-0.15, -0.1) is 0 Å². The van der Waals surface area contributed by atoms with Gasteiger partial charge in [0.25, 0.3) is 5.91 Å². The SMILES string of the molecule is N#CCC(=O)N=C1S[C@H]2CS(=O)(=O)C[C@@H]2N1Cc1ccc(Cl)cc1. The number of carbonyl (C=O) groups excluding carboxylic acids is 1. The van der Waals surface area contributed by atoms with Gasteiger partial charge in [0.15, 0.2) is 15.0 Å². The number of rotatable bonds is 3. The first-order valence-electron chi connectivity index (χ1n) is 7.24. The topological polar surface area (TPSA) is 90.6 Å². The molecule has 24 heavy (non-hydrogen) atoms. The van der Waals surface area contributed by atoms with E-state index in [9.17, 15) is 13.2 Å². The number of hydrogen-bond donors (Lipinski definition) is 0. The molecule has 3 rings (SSSR count). The van der Waals surface area contributed by atoms with Crippen LogP contribution in [0.15, 0.2) is 29.3 Å². The van der Waals surface area contributed by atoms with Crippen molar-refractivity contribution in [1.82, 2.24) is 4.90 Å². The van der Waals surface area contributed by atoms with Crippen LogP contribution in [0.3, 0.4) is 0 Å². The van der Waals surface area contributed by atoms with E-state index >= 15 is 0 Å². The van der Waals surface area contributed by atoms with Crippen molar-refractivity contribution in [2.45, 2.75) is 24.3 Å². The molecule has 1 aromatic rings. The number of amides is 1. The molecule has 2 aliphatic heterocycles. The Labute approximate surface area is 149 Å². The van der Waals surface area contributed by atoms with Gasteiger partial charge in [-0.05, 0) is 17.7 Å². The molecule has 0 spiro atoms. The summed E-state index contributed by atoms with van der Waals surface area (Å²) in [5.41, 5.74) is 0.949. The second kappa shape index (κ2) is 6.75. The fourth-order valence-corrected chi connectivity index (χ4v) is 6.92. The number of sulfone groups is 1. The number of benzene rings is 1. The van der Waals surface area contributed by atoms with E-state index in [1.165, 1.54) is 11.8 Å². The Bertz CT molecular complexity index is 831. The van der Waals surface area contributed by atoms with Gasteiger partial charge in [-0.2, -0.15) is 10.3 Å². The van der Waals surface area contributed by atoms with Gasteiger partial charge in [-0.1, -0.05) is 35.5 Å². The van der Waals surface area contributed by atoms with Crippen molar-refractivity contribution >= 4 is 44.3 Å². The summed E-state index contributed by atoms with van der Waals surface area (Å²) in [4.78, 5) is 17.6. The van der Waals surface area contributed by atoms with E-state index in [1.54, 1.807) is 18.2 Å². The lowest BCUT2D eigenvalue weighted by molar-refractivity contribution is -0.116. The summed E-state index contributed by atoms with van der Waals surface area (Å²) in [6.07, 6.45) is -0.285. The lowest BCUT2D eigenvalue weighted by Crippen LogP contribution is -2.37. The fraction of sp³-hybridized carbons (Fsp3) is 0.400. The van der Waals surface area contributed by atoms with Crippen molar-refractivity contribution in [2.75, 3.05) is 11.5 Å². The van der Waals surface area contributed by atoms with Crippen LogP contribution < -0.4 is 0 Å². The molecule has 0 unspecified atom stereocenters. The molecule has 0 saturated carbocycles. The number of aliphatic imine (C=N–C) groups is 1. The van der Waals surface area contributed by atoms with Crippen molar-refractivity contribution in [3.05, 3.63) is 34.9 Å². The summed E-state index contributed by atoms with van der Waals surface area (Å²) in [5.74, 6) is -0.363. The zero-order valence-corrected chi connectivity index (χ0v) is 14.9. The summed E-state index contributed by atoms with van der Waals surface area (Å²) < 4.78 is 23.8. The van der Waals surface area contributed by atoms with Gasteiger partial charge in [0, 0.05) is 16.8 Å². The third-order valence-electron chi connectivity index (χ3n) is 3.89. The van der Waals surface area contributed by atoms with Crippen molar-refractivity contribution in [3.63, 3.8) is 0 Å². The average Bonchev–Trinajstić information content (AvgIpc) is 2.95. The van der Waals surface area contributed by atoms with Crippen LogP contribution in [0.4, 0.5) is 0 Å². The number of thioether (sulfide) groups is 1. The number of hydrogen-bond acceptors (Lipinski definition) is 5. The van der Waals surface area contributed by atoms with Gasteiger partial charge >= 0.3 is 0 Å². The predicted molar refractivity (Wildman–Crippen MR) is 93.5 cm³/mol. The quantitative estimate of drug-likeness (QED) is 0.791. The molecule has 126 valence electrons. The first kappa shape index (κ1) is 17.3. The molecular formula is C15H14ClN3O3S2. The fourth-order valence-electron chi connectivity index (χ4n) is 2.82. The van der Waals surface area contributed by atoms with Crippen molar-refractivity contribution < 1.29 is 13.2 Å². The molecule has 2 heterocycles. The number of carbonyl (C=O) groups is 1. The number of amidine groups is 1. The molecule has 1 amide bonds.